The van der Waals surface area contributed by atoms with Gasteiger partial charge in [-0.1, -0.05) is 72.9 Å². The molecule has 5 heteroatoms. The minimum absolute atomic E-state index is 0.00356. The summed E-state index contributed by atoms with van der Waals surface area (Å²) in [4.78, 5) is 13.5. The normalized spacial score (nSPS) is 11.9. The number of aliphatic hydroxyl groups is 1. The molecule has 31 heavy (non-hydrogen) atoms. The van der Waals surface area contributed by atoms with Gasteiger partial charge in [0.1, 0.15) is 25.1 Å². The molecule has 0 aliphatic heterocycles. The van der Waals surface area contributed by atoms with Crippen molar-refractivity contribution in [3.05, 3.63) is 91.5 Å². The maximum Gasteiger partial charge on any atom is 0.330 e. The van der Waals surface area contributed by atoms with Crippen molar-refractivity contribution in [1.29, 1.82) is 0 Å². The second kappa shape index (κ2) is 9.69. The molecule has 0 amide bonds. The van der Waals surface area contributed by atoms with Crippen LogP contribution >= 0.6 is 11.8 Å². The first-order chi connectivity index (χ1) is 15.2. The van der Waals surface area contributed by atoms with E-state index in [4.69, 9.17) is 9.47 Å². The molecule has 0 fully saturated rings. The number of carbonyl (C=O) groups is 1. The molecule has 4 nitrogen and oxygen atoms in total. The Labute approximate surface area is 185 Å². The second-order valence-corrected chi connectivity index (χ2v) is 8.11. The Bertz CT molecular complexity index is 1220. The third-order valence-corrected chi connectivity index (χ3v) is 5.88. The predicted octanol–water partition coefficient (Wildman–Crippen LogP) is 5.61. The van der Waals surface area contributed by atoms with Crippen LogP contribution in [-0.4, -0.2) is 30.4 Å². The van der Waals surface area contributed by atoms with E-state index in [2.05, 4.69) is 30.8 Å². The van der Waals surface area contributed by atoms with Crippen molar-refractivity contribution in [2.24, 2.45) is 0 Å². The molecule has 1 N–H and O–H groups in total. The number of esters is 1. The third kappa shape index (κ3) is 4.90. The molecule has 0 bridgehead atoms. The summed E-state index contributed by atoms with van der Waals surface area (Å²) in [6.45, 7) is 3.20. The van der Waals surface area contributed by atoms with Crippen LogP contribution in [0, 0.1) is 0 Å². The lowest BCUT2D eigenvalue weighted by Gasteiger charge is -2.17. The van der Waals surface area contributed by atoms with Gasteiger partial charge in [0, 0.05) is 26.6 Å². The van der Waals surface area contributed by atoms with Gasteiger partial charge in [-0.25, -0.2) is 4.79 Å². The highest BCUT2D eigenvalue weighted by atomic mass is 32.2. The van der Waals surface area contributed by atoms with Gasteiger partial charge >= 0.3 is 5.97 Å². The van der Waals surface area contributed by atoms with Crippen molar-refractivity contribution in [3.8, 4) is 5.75 Å². The van der Waals surface area contributed by atoms with Crippen LogP contribution in [0.5, 0.6) is 5.75 Å². The summed E-state index contributed by atoms with van der Waals surface area (Å²) >= 11 is 1.70. The quantitative estimate of drug-likeness (QED) is 0.224. The Balaban J connectivity index is 1.70. The lowest BCUT2D eigenvalue weighted by atomic mass is 10.0. The zero-order valence-electron chi connectivity index (χ0n) is 16.9. The lowest BCUT2D eigenvalue weighted by Crippen LogP contribution is -2.24. The summed E-state index contributed by atoms with van der Waals surface area (Å²) in [5, 5.41) is 14.3. The van der Waals surface area contributed by atoms with E-state index in [0.717, 1.165) is 37.4 Å². The average molecular weight is 431 g/mol. The van der Waals surface area contributed by atoms with E-state index in [0.29, 0.717) is 5.75 Å². The molecule has 0 heterocycles. The van der Waals surface area contributed by atoms with Gasteiger partial charge in [0.05, 0.1) is 0 Å². The van der Waals surface area contributed by atoms with Gasteiger partial charge in [-0.15, -0.1) is 0 Å². The summed E-state index contributed by atoms with van der Waals surface area (Å²) in [5.74, 6) is 0.134. The second-order valence-electron chi connectivity index (χ2n) is 6.99. The third-order valence-electron chi connectivity index (χ3n) is 4.79. The number of hydrogen-bond donors (Lipinski definition) is 1. The topological polar surface area (TPSA) is 55.8 Å². The monoisotopic (exact) mass is 430 g/mol. The van der Waals surface area contributed by atoms with Crippen molar-refractivity contribution in [2.45, 2.75) is 15.9 Å². The Morgan fingerprint density at radius 3 is 2.48 bits per heavy atom. The van der Waals surface area contributed by atoms with Crippen LogP contribution in [0.4, 0.5) is 0 Å². The standard InChI is InChI=1S/C26H22O4S/c1-2-25(28)29-16-19(27)17-30-26-21-12-7-6-9-18(21)15-23-22(26)13-8-14-24(23)31-20-10-4-3-5-11-20/h2-15,19,27H,1,16-17H2. The van der Waals surface area contributed by atoms with E-state index in [1.165, 1.54) is 0 Å². The summed E-state index contributed by atoms with van der Waals surface area (Å²) in [6.07, 6.45) is 0.123. The van der Waals surface area contributed by atoms with Crippen LogP contribution in [-0.2, 0) is 9.53 Å². The van der Waals surface area contributed by atoms with E-state index in [1.807, 2.05) is 54.6 Å². The van der Waals surface area contributed by atoms with Gasteiger partial charge in [-0.3, -0.25) is 0 Å². The van der Waals surface area contributed by atoms with E-state index in [9.17, 15) is 9.90 Å². The number of fused-ring (bicyclic) bond motifs is 2. The first-order valence-corrected chi connectivity index (χ1v) is 10.7. The van der Waals surface area contributed by atoms with E-state index >= 15 is 0 Å². The Hall–Kier alpha value is -3.28. The number of aliphatic hydroxyl groups excluding tert-OH is 1. The van der Waals surface area contributed by atoms with E-state index < -0.39 is 12.1 Å². The van der Waals surface area contributed by atoms with Crippen molar-refractivity contribution in [2.75, 3.05) is 13.2 Å². The fourth-order valence-corrected chi connectivity index (χ4v) is 4.32. The molecule has 0 radical (unpaired) electrons. The number of ether oxygens (including phenoxy) is 2. The van der Waals surface area contributed by atoms with Gasteiger partial charge in [0.15, 0.2) is 0 Å². The van der Waals surface area contributed by atoms with Crippen LogP contribution in [0.2, 0.25) is 0 Å². The highest BCUT2D eigenvalue weighted by Gasteiger charge is 2.15. The van der Waals surface area contributed by atoms with Crippen LogP contribution in [0.25, 0.3) is 21.5 Å². The van der Waals surface area contributed by atoms with Crippen LogP contribution in [0.15, 0.2) is 101 Å². The summed E-state index contributed by atoms with van der Waals surface area (Å²) in [7, 11) is 0. The van der Waals surface area contributed by atoms with Gasteiger partial charge in [-0.2, -0.15) is 0 Å². The molecule has 1 unspecified atom stereocenters. The minimum atomic E-state index is -0.945. The predicted molar refractivity (Wildman–Crippen MR) is 125 cm³/mol. The number of rotatable bonds is 8. The van der Waals surface area contributed by atoms with E-state index in [-0.39, 0.29) is 13.2 Å². The molecule has 4 rings (SSSR count). The first kappa shape index (κ1) is 21.0. The maximum absolute atomic E-state index is 11.2. The summed E-state index contributed by atoms with van der Waals surface area (Å²) in [5.41, 5.74) is 0. The average Bonchev–Trinajstić information content (AvgIpc) is 2.81. The minimum Gasteiger partial charge on any atom is -0.489 e. The van der Waals surface area contributed by atoms with Gasteiger partial charge in [0.2, 0.25) is 0 Å². The zero-order chi connectivity index (χ0) is 21.6. The highest BCUT2D eigenvalue weighted by Crippen LogP contribution is 2.40. The highest BCUT2D eigenvalue weighted by molar-refractivity contribution is 7.99. The summed E-state index contributed by atoms with van der Waals surface area (Å²) in [6, 6.07) is 26.5. The first-order valence-electron chi connectivity index (χ1n) is 9.93. The molecule has 1 atom stereocenters. The maximum atomic E-state index is 11.2. The SMILES string of the molecule is C=CC(=O)OCC(O)COc1c2ccccc2cc2c(Sc3ccccc3)cccc12. The fraction of sp³-hybridized carbons (Fsp3) is 0.115. The smallest absolute Gasteiger partial charge is 0.330 e. The van der Waals surface area contributed by atoms with Gasteiger partial charge < -0.3 is 14.6 Å². The van der Waals surface area contributed by atoms with Crippen molar-refractivity contribution in [3.63, 3.8) is 0 Å². The van der Waals surface area contributed by atoms with E-state index in [1.54, 1.807) is 11.8 Å². The molecule has 156 valence electrons. The molecule has 0 aliphatic rings. The Morgan fingerprint density at radius 1 is 0.935 bits per heavy atom. The molecule has 0 saturated heterocycles. The van der Waals surface area contributed by atoms with Gasteiger partial charge in [-0.05, 0) is 35.0 Å². The molecular formula is C26H22O4S. The largest absolute Gasteiger partial charge is 0.489 e. The number of hydrogen-bond acceptors (Lipinski definition) is 5. The van der Waals surface area contributed by atoms with Crippen LogP contribution in [0.3, 0.4) is 0 Å². The van der Waals surface area contributed by atoms with Gasteiger partial charge in [0.25, 0.3) is 0 Å². The number of benzene rings is 4. The summed E-state index contributed by atoms with van der Waals surface area (Å²) < 4.78 is 11.0. The molecular weight excluding hydrogens is 408 g/mol. The molecule has 4 aromatic rings. The lowest BCUT2D eigenvalue weighted by molar-refractivity contribution is -0.141. The molecule has 0 saturated carbocycles. The number of carbonyl (C=O) groups excluding carboxylic acids is 1. The van der Waals surface area contributed by atoms with Crippen molar-refractivity contribution >= 4 is 39.3 Å². The van der Waals surface area contributed by atoms with Crippen molar-refractivity contribution in [1.82, 2.24) is 0 Å². The van der Waals surface area contributed by atoms with Crippen LogP contribution < -0.4 is 4.74 Å². The Morgan fingerprint density at radius 2 is 1.68 bits per heavy atom. The Kier molecular flexibility index (Phi) is 6.55. The molecule has 0 aromatic heterocycles. The van der Waals surface area contributed by atoms with Crippen LogP contribution in [0.1, 0.15) is 0 Å². The molecule has 0 spiro atoms. The molecule has 4 aromatic carbocycles. The fourth-order valence-electron chi connectivity index (χ4n) is 3.35. The zero-order valence-corrected chi connectivity index (χ0v) is 17.7. The van der Waals surface area contributed by atoms with Crippen molar-refractivity contribution < 1.29 is 19.4 Å². The molecule has 0 aliphatic carbocycles.